The minimum absolute atomic E-state index is 0.330. The normalized spacial score (nSPS) is 17.5. The Morgan fingerprint density at radius 2 is 2.21 bits per heavy atom. The van der Waals surface area contributed by atoms with Gasteiger partial charge in [-0.05, 0) is 6.92 Å². The van der Waals surface area contributed by atoms with Gasteiger partial charge in [0.2, 0.25) is 0 Å². The molecule has 0 spiro atoms. The molecular formula is C22H29IN3S2-. The Morgan fingerprint density at radius 1 is 1.36 bits per heavy atom. The average Bonchev–Trinajstić information content (AvgIpc) is 3.31. The van der Waals surface area contributed by atoms with Crippen LogP contribution in [-0.2, 0) is 13.0 Å². The van der Waals surface area contributed by atoms with Gasteiger partial charge < -0.3 is 5.73 Å². The van der Waals surface area contributed by atoms with E-state index in [2.05, 4.69) is 42.7 Å². The Bertz CT molecular complexity index is 914. The van der Waals surface area contributed by atoms with E-state index in [9.17, 15) is 0 Å². The molecule has 0 aliphatic carbocycles. The molecule has 28 heavy (non-hydrogen) atoms. The van der Waals surface area contributed by atoms with Gasteiger partial charge in [0.1, 0.15) is 0 Å². The van der Waals surface area contributed by atoms with Gasteiger partial charge >= 0.3 is 175 Å². The number of hydrogen-bond acceptors (Lipinski definition) is 5. The molecule has 4 rings (SSSR count). The van der Waals surface area contributed by atoms with Crippen molar-refractivity contribution in [1.29, 1.82) is 0 Å². The van der Waals surface area contributed by atoms with Crippen molar-refractivity contribution >= 4 is 38.6 Å². The predicted molar refractivity (Wildman–Crippen MR) is 119 cm³/mol. The molecular weight excluding hydrogens is 497 g/mol. The van der Waals surface area contributed by atoms with Crippen molar-refractivity contribution in [2.75, 3.05) is 9.74 Å². The van der Waals surface area contributed by atoms with E-state index in [0.717, 1.165) is 16.9 Å². The van der Waals surface area contributed by atoms with Crippen LogP contribution in [0.5, 0.6) is 0 Å². The van der Waals surface area contributed by atoms with Crippen LogP contribution in [0.1, 0.15) is 57.5 Å². The molecule has 3 N–H and O–H groups in total. The summed E-state index contributed by atoms with van der Waals surface area (Å²) in [5, 5.41) is 5.87. The second-order valence-corrected chi connectivity index (χ2v) is 13.1. The molecule has 0 saturated carbocycles. The molecule has 1 unspecified atom stereocenters. The standard InChI is InChI=1S/C22H29IN3S2/c1-14(24)7-4-3-5-9-20-15(2)21-22(28-20)19(11-18(26-21)17-12-23-17)25-13-16-8-6-10-27-16/h6,8,10-11,14,17H,3-5,7,9,12-13,24H2,1-2H3,(H,25,26)/q-1/t14-,17?/m0/s1. The molecule has 3 nitrogen and oxygen atoms in total. The molecule has 6 heteroatoms. The summed E-state index contributed by atoms with van der Waals surface area (Å²) in [6, 6.07) is 7.01. The first-order valence-electron chi connectivity index (χ1n) is 10.1. The minimum atomic E-state index is 0.330. The Labute approximate surface area is 186 Å². The first kappa shape index (κ1) is 20.6. The Balaban J connectivity index is 1.53. The first-order valence-corrected chi connectivity index (χ1v) is 14.6. The fourth-order valence-corrected chi connectivity index (χ4v) is 6.90. The van der Waals surface area contributed by atoms with Gasteiger partial charge in [0.15, 0.2) is 0 Å². The number of alkyl halides is 2. The number of nitrogens with one attached hydrogen (secondary N) is 1. The third kappa shape index (κ3) is 5.07. The number of pyridine rings is 1. The molecule has 0 radical (unpaired) electrons. The van der Waals surface area contributed by atoms with E-state index in [4.69, 9.17) is 10.7 Å². The number of anilines is 1. The van der Waals surface area contributed by atoms with E-state index in [1.165, 1.54) is 67.0 Å². The Hall–Kier alpha value is -0.700. The Morgan fingerprint density at radius 3 is 2.93 bits per heavy atom. The number of unbranched alkanes of at least 4 members (excludes halogenated alkanes) is 2. The SMILES string of the molecule is Cc1c(CCCCC[C@H](C)N)sc2c(NCc3cccs3)cc(C3C[I-]3)nc12. The molecule has 0 amide bonds. The third-order valence-electron chi connectivity index (χ3n) is 5.22. The molecule has 152 valence electrons. The van der Waals surface area contributed by atoms with Crippen molar-refractivity contribution in [3.8, 4) is 0 Å². The van der Waals surface area contributed by atoms with Crippen LogP contribution in [-0.4, -0.2) is 15.5 Å². The van der Waals surface area contributed by atoms with E-state index in [-0.39, 0.29) is 0 Å². The monoisotopic (exact) mass is 526 g/mol. The van der Waals surface area contributed by atoms with Gasteiger partial charge in [-0.15, -0.1) is 0 Å². The van der Waals surface area contributed by atoms with Gasteiger partial charge in [0.25, 0.3) is 0 Å². The maximum absolute atomic E-state index is 5.87. The summed E-state index contributed by atoms with van der Waals surface area (Å²) in [6.45, 7) is 5.28. The fourth-order valence-electron chi connectivity index (χ4n) is 3.50. The molecule has 1 saturated heterocycles. The van der Waals surface area contributed by atoms with Crippen molar-refractivity contribution in [3.63, 3.8) is 0 Å². The van der Waals surface area contributed by atoms with E-state index in [1.54, 1.807) is 0 Å². The summed E-state index contributed by atoms with van der Waals surface area (Å²) in [7, 11) is 0. The summed E-state index contributed by atoms with van der Waals surface area (Å²) in [5.74, 6) is 0. The Kier molecular flexibility index (Phi) is 6.91. The van der Waals surface area contributed by atoms with Crippen LogP contribution in [0.3, 0.4) is 0 Å². The summed E-state index contributed by atoms with van der Waals surface area (Å²) in [4.78, 5) is 8.02. The third-order valence-corrected chi connectivity index (χ3v) is 9.87. The van der Waals surface area contributed by atoms with Gasteiger partial charge in [-0.2, -0.15) is 0 Å². The zero-order valence-corrected chi connectivity index (χ0v) is 20.4. The predicted octanol–water partition coefficient (Wildman–Crippen LogP) is 2.87. The van der Waals surface area contributed by atoms with Crippen LogP contribution < -0.4 is 32.3 Å². The number of nitrogens with two attached hydrogens (primary N) is 1. The van der Waals surface area contributed by atoms with E-state index in [1.807, 2.05) is 22.7 Å². The number of fused-ring (bicyclic) bond motifs is 1. The quantitative estimate of drug-likeness (QED) is 0.243. The van der Waals surface area contributed by atoms with Crippen LogP contribution in [0.4, 0.5) is 5.69 Å². The van der Waals surface area contributed by atoms with Crippen molar-refractivity contribution in [2.24, 2.45) is 5.73 Å². The molecule has 4 heterocycles. The van der Waals surface area contributed by atoms with Crippen molar-refractivity contribution in [3.05, 3.63) is 44.6 Å². The number of halogens is 1. The number of aromatic nitrogens is 1. The summed E-state index contributed by atoms with van der Waals surface area (Å²) >= 11 is 4.14. The molecule has 1 aliphatic rings. The number of thiophene rings is 2. The molecule has 3 aromatic rings. The van der Waals surface area contributed by atoms with Gasteiger partial charge in [0.05, 0.1) is 0 Å². The molecule has 1 aliphatic heterocycles. The van der Waals surface area contributed by atoms with Gasteiger partial charge in [-0.25, -0.2) is 0 Å². The fraction of sp³-hybridized carbons (Fsp3) is 0.500. The average molecular weight is 527 g/mol. The van der Waals surface area contributed by atoms with Crippen LogP contribution in [0, 0.1) is 6.92 Å². The zero-order valence-electron chi connectivity index (χ0n) is 16.6. The van der Waals surface area contributed by atoms with Gasteiger partial charge in [0, 0.05) is 0 Å². The van der Waals surface area contributed by atoms with E-state index >= 15 is 0 Å². The number of rotatable bonds is 10. The second kappa shape index (κ2) is 9.41. The van der Waals surface area contributed by atoms with Crippen LogP contribution in [0.2, 0.25) is 0 Å². The van der Waals surface area contributed by atoms with E-state index < -0.39 is 0 Å². The molecule has 2 atom stereocenters. The summed E-state index contributed by atoms with van der Waals surface area (Å²) < 4.78 is 3.53. The zero-order chi connectivity index (χ0) is 19.5. The van der Waals surface area contributed by atoms with Crippen molar-refractivity contribution in [2.45, 2.75) is 62.5 Å². The molecule has 1 fully saturated rings. The van der Waals surface area contributed by atoms with Crippen molar-refractivity contribution < 1.29 is 21.2 Å². The van der Waals surface area contributed by atoms with Crippen LogP contribution in [0.25, 0.3) is 10.2 Å². The summed E-state index contributed by atoms with van der Waals surface area (Å²) in [6.07, 6.45) is 6.06. The first-order chi connectivity index (χ1) is 13.6. The number of aryl methyl sites for hydroxylation is 2. The molecule has 0 aromatic carbocycles. The second-order valence-electron chi connectivity index (χ2n) is 7.71. The van der Waals surface area contributed by atoms with E-state index in [0.29, 0.717) is 27.2 Å². The maximum atomic E-state index is 5.87. The van der Waals surface area contributed by atoms with Gasteiger partial charge in [-0.3, -0.25) is 0 Å². The van der Waals surface area contributed by atoms with Crippen molar-refractivity contribution in [1.82, 2.24) is 4.98 Å². The van der Waals surface area contributed by atoms with Crippen LogP contribution >= 0.6 is 22.7 Å². The molecule has 3 aromatic heterocycles. The topological polar surface area (TPSA) is 50.9 Å². The molecule has 0 bridgehead atoms. The number of nitrogens with zero attached hydrogens (tertiary/aromatic N) is 1. The summed E-state index contributed by atoms with van der Waals surface area (Å²) in [5.41, 5.74) is 11.2. The number of hydrogen-bond donors (Lipinski definition) is 2. The van der Waals surface area contributed by atoms with Gasteiger partial charge in [-0.1, -0.05) is 0 Å². The van der Waals surface area contributed by atoms with Crippen LogP contribution in [0.15, 0.2) is 23.6 Å².